The number of ether oxygens (including phenoxy) is 1. The quantitative estimate of drug-likeness (QED) is 0.788. The third-order valence-electron chi connectivity index (χ3n) is 2.81. The number of nitrogens with two attached hydrogens (primary N) is 1. The minimum atomic E-state index is 0.450. The van der Waals surface area contributed by atoms with Gasteiger partial charge in [-0.1, -0.05) is 23.2 Å². The maximum atomic E-state index is 5.98. The van der Waals surface area contributed by atoms with E-state index in [9.17, 15) is 0 Å². The van der Waals surface area contributed by atoms with E-state index in [4.69, 9.17) is 33.7 Å². The first kappa shape index (κ1) is 13.7. The molecule has 0 aliphatic heterocycles. The lowest BCUT2D eigenvalue weighted by Gasteiger charge is -2.06. The molecule has 1 aromatic carbocycles. The molecule has 0 aliphatic carbocycles. The van der Waals surface area contributed by atoms with Crippen LogP contribution in [0, 0.1) is 0 Å². The topological polar surface area (TPSA) is 52.5 Å². The molecule has 2 aromatic heterocycles. The van der Waals surface area contributed by atoms with Crippen LogP contribution in [0.5, 0.6) is 11.6 Å². The first-order chi connectivity index (χ1) is 9.69. The van der Waals surface area contributed by atoms with Crippen LogP contribution in [0.15, 0.2) is 29.8 Å². The van der Waals surface area contributed by atoms with Crippen LogP contribution in [0.2, 0.25) is 10.0 Å². The molecule has 0 saturated heterocycles. The summed E-state index contributed by atoms with van der Waals surface area (Å²) in [5.41, 5.74) is 6.61. The van der Waals surface area contributed by atoms with Gasteiger partial charge in [0.1, 0.15) is 5.75 Å². The molecule has 0 atom stereocenters. The number of benzene rings is 1. The third-order valence-corrected chi connectivity index (χ3v) is 4.31. The molecule has 3 rings (SSSR count). The van der Waals surface area contributed by atoms with Gasteiger partial charge in [0.2, 0.25) is 5.88 Å². The lowest BCUT2D eigenvalue weighted by Crippen LogP contribution is -2.05. The Hall–Kier alpha value is -1.27. The molecule has 0 saturated carbocycles. The van der Waals surface area contributed by atoms with Gasteiger partial charge in [-0.05, 0) is 18.7 Å². The Labute approximate surface area is 129 Å². The minimum absolute atomic E-state index is 0.450. The second-order valence-corrected chi connectivity index (χ2v) is 5.82. The highest BCUT2D eigenvalue weighted by Crippen LogP contribution is 2.31. The minimum Gasteiger partial charge on any atom is -0.437 e. The zero-order chi connectivity index (χ0) is 14.1. The summed E-state index contributed by atoms with van der Waals surface area (Å²) in [6.45, 7) is 0.529. The van der Waals surface area contributed by atoms with E-state index in [1.165, 1.54) is 0 Å². The van der Waals surface area contributed by atoms with E-state index in [2.05, 4.69) is 4.98 Å². The Kier molecular flexibility index (Phi) is 3.85. The van der Waals surface area contributed by atoms with Crippen molar-refractivity contribution in [3.63, 3.8) is 0 Å². The SMILES string of the molecule is NCCc1c(Oc2ccc(Cl)c(Cl)c2)nc2sccn12. The Morgan fingerprint density at radius 1 is 1.30 bits per heavy atom. The molecular weight excluding hydrogens is 317 g/mol. The van der Waals surface area contributed by atoms with Gasteiger partial charge in [0.25, 0.3) is 0 Å². The van der Waals surface area contributed by atoms with Crippen molar-refractivity contribution in [2.75, 3.05) is 6.54 Å². The normalized spacial score (nSPS) is 11.2. The molecule has 3 aromatic rings. The summed E-state index contributed by atoms with van der Waals surface area (Å²) in [6.07, 6.45) is 2.65. The first-order valence-corrected chi connectivity index (χ1v) is 7.60. The van der Waals surface area contributed by atoms with Gasteiger partial charge in [0.15, 0.2) is 4.96 Å². The fraction of sp³-hybridized carbons (Fsp3) is 0.154. The van der Waals surface area contributed by atoms with E-state index < -0.39 is 0 Å². The number of halogens is 2. The second kappa shape index (κ2) is 5.61. The summed E-state index contributed by atoms with van der Waals surface area (Å²) >= 11 is 13.4. The lowest BCUT2D eigenvalue weighted by atomic mass is 10.3. The fourth-order valence-corrected chi connectivity index (χ4v) is 2.92. The number of aromatic nitrogens is 2. The van der Waals surface area contributed by atoms with Crippen LogP contribution in [-0.2, 0) is 6.42 Å². The van der Waals surface area contributed by atoms with Gasteiger partial charge in [-0.15, -0.1) is 11.3 Å². The molecule has 7 heteroatoms. The van der Waals surface area contributed by atoms with E-state index in [1.807, 2.05) is 16.0 Å². The van der Waals surface area contributed by atoms with Crippen LogP contribution in [0.25, 0.3) is 4.96 Å². The summed E-state index contributed by atoms with van der Waals surface area (Å²) in [5.74, 6) is 1.16. The molecule has 0 fully saturated rings. The molecule has 0 spiro atoms. The fourth-order valence-electron chi connectivity index (χ4n) is 1.91. The highest BCUT2D eigenvalue weighted by molar-refractivity contribution is 7.15. The molecule has 20 heavy (non-hydrogen) atoms. The van der Waals surface area contributed by atoms with Crippen LogP contribution >= 0.6 is 34.5 Å². The maximum Gasteiger partial charge on any atom is 0.242 e. The third kappa shape index (κ3) is 2.50. The van der Waals surface area contributed by atoms with Crippen molar-refractivity contribution in [1.82, 2.24) is 9.38 Å². The Morgan fingerprint density at radius 3 is 2.90 bits per heavy atom. The zero-order valence-electron chi connectivity index (χ0n) is 10.3. The standard InChI is InChI=1S/C13H11Cl2N3OS/c14-9-2-1-8(7-10(9)15)19-12-11(3-4-16)18-5-6-20-13(18)17-12/h1-2,5-7H,3-4,16H2. The molecule has 0 aliphatic rings. The molecular formula is C13H11Cl2N3OS. The molecule has 2 heterocycles. The van der Waals surface area contributed by atoms with Crippen LogP contribution in [0.3, 0.4) is 0 Å². The zero-order valence-corrected chi connectivity index (χ0v) is 12.7. The predicted octanol–water partition coefficient (Wildman–Crippen LogP) is 4.00. The summed E-state index contributed by atoms with van der Waals surface area (Å²) in [4.78, 5) is 5.34. The average Bonchev–Trinajstić information content (AvgIpc) is 2.98. The predicted molar refractivity (Wildman–Crippen MR) is 82.4 cm³/mol. The van der Waals surface area contributed by atoms with Crippen molar-refractivity contribution in [2.24, 2.45) is 5.73 Å². The number of thiazole rings is 1. The molecule has 2 N–H and O–H groups in total. The van der Waals surface area contributed by atoms with Gasteiger partial charge in [-0.25, -0.2) is 0 Å². The number of rotatable bonds is 4. The number of hydrogen-bond acceptors (Lipinski definition) is 4. The second-order valence-electron chi connectivity index (χ2n) is 4.14. The van der Waals surface area contributed by atoms with Crippen LogP contribution in [0.4, 0.5) is 0 Å². The summed E-state index contributed by atoms with van der Waals surface area (Å²) in [7, 11) is 0. The highest BCUT2D eigenvalue weighted by atomic mass is 35.5. The van der Waals surface area contributed by atoms with Gasteiger partial charge >= 0.3 is 0 Å². The molecule has 104 valence electrons. The lowest BCUT2D eigenvalue weighted by molar-refractivity contribution is 0.459. The van der Waals surface area contributed by atoms with Crippen molar-refractivity contribution >= 4 is 39.5 Å². The van der Waals surface area contributed by atoms with Crippen molar-refractivity contribution in [3.8, 4) is 11.6 Å². The van der Waals surface area contributed by atoms with Crippen molar-refractivity contribution in [2.45, 2.75) is 6.42 Å². The Bertz CT molecular complexity index is 753. The molecule has 0 amide bonds. The Balaban J connectivity index is 1.98. The van der Waals surface area contributed by atoms with Gasteiger partial charge < -0.3 is 10.5 Å². The van der Waals surface area contributed by atoms with Crippen molar-refractivity contribution in [1.29, 1.82) is 0 Å². The Morgan fingerprint density at radius 2 is 2.15 bits per heavy atom. The van der Waals surface area contributed by atoms with Crippen molar-refractivity contribution in [3.05, 3.63) is 45.5 Å². The molecule has 0 unspecified atom stereocenters. The molecule has 0 bridgehead atoms. The van der Waals surface area contributed by atoms with E-state index in [-0.39, 0.29) is 0 Å². The summed E-state index contributed by atoms with van der Waals surface area (Å²) in [5, 5.41) is 2.92. The van der Waals surface area contributed by atoms with Crippen molar-refractivity contribution < 1.29 is 4.74 Å². The molecule has 0 radical (unpaired) electrons. The molecule has 4 nitrogen and oxygen atoms in total. The average molecular weight is 328 g/mol. The summed E-state index contributed by atoms with van der Waals surface area (Å²) in [6, 6.07) is 5.12. The summed E-state index contributed by atoms with van der Waals surface area (Å²) < 4.78 is 7.81. The number of hydrogen-bond donors (Lipinski definition) is 1. The van der Waals surface area contributed by atoms with Crippen LogP contribution < -0.4 is 10.5 Å². The van der Waals surface area contributed by atoms with Gasteiger partial charge in [-0.2, -0.15) is 4.98 Å². The van der Waals surface area contributed by atoms with Gasteiger partial charge in [0, 0.05) is 24.1 Å². The highest BCUT2D eigenvalue weighted by Gasteiger charge is 2.15. The smallest absolute Gasteiger partial charge is 0.242 e. The maximum absolute atomic E-state index is 5.98. The van der Waals surface area contributed by atoms with E-state index in [1.54, 1.807) is 29.5 Å². The number of fused-ring (bicyclic) bond motifs is 1. The van der Waals surface area contributed by atoms with Gasteiger partial charge in [0.05, 0.1) is 15.7 Å². The van der Waals surface area contributed by atoms with Gasteiger partial charge in [-0.3, -0.25) is 4.40 Å². The first-order valence-electron chi connectivity index (χ1n) is 5.96. The largest absolute Gasteiger partial charge is 0.437 e. The van der Waals surface area contributed by atoms with Crippen LogP contribution in [-0.4, -0.2) is 15.9 Å². The van der Waals surface area contributed by atoms with E-state index in [0.717, 1.165) is 10.7 Å². The number of imidazole rings is 1. The number of nitrogens with zero attached hydrogens (tertiary/aromatic N) is 2. The van der Waals surface area contributed by atoms with Crippen LogP contribution in [0.1, 0.15) is 5.69 Å². The monoisotopic (exact) mass is 327 g/mol. The van der Waals surface area contributed by atoms with E-state index >= 15 is 0 Å². The van der Waals surface area contributed by atoms with E-state index in [0.29, 0.717) is 34.6 Å².